The second-order valence-electron chi connectivity index (χ2n) is 6.06. The zero-order valence-electron chi connectivity index (χ0n) is 12.5. The van der Waals surface area contributed by atoms with Gasteiger partial charge in [0.2, 0.25) is 0 Å². The van der Waals surface area contributed by atoms with E-state index in [0.717, 1.165) is 10.9 Å². The Morgan fingerprint density at radius 2 is 2.30 bits per heavy atom. The number of nitrogens with zero attached hydrogens (tertiary/aromatic N) is 3. The first-order chi connectivity index (χ1) is 11.0. The molecule has 0 bridgehead atoms. The van der Waals surface area contributed by atoms with Gasteiger partial charge in [0.25, 0.3) is 0 Å². The molecule has 0 aromatic carbocycles. The van der Waals surface area contributed by atoms with Gasteiger partial charge in [-0.2, -0.15) is 0 Å². The topological polar surface area (TPSA) is 122 Å². The number of hydrogen-bond donors (Lipinski definition) is 4. The Bertz CT molecular complexity index is 746. The van der Waals surface area contributed by atoms with Crippen LogP contribution in [0.5, 0.6) is 0 Å². The van der Waals surface area contributed by atoms with Gasteiger partial charge < -0.3 is 24.6 Å². The Hall–Kier alpha value is -1.78. The quantitative estimate of drug-likeness (QED) is 0.574. The minimum atomic E-state index is -1.56. The summed E-state index contributed by atoms with van der Waals surface area (Å²) < 4.78 is 7.36. The number of aromatic nitrogens is 3. The van der Waals surface area contributed by atoms with Crippen molar-refractivity contribution < 1.29 is 24.9 Å². The SMILES string of the molecule is C[C@@]1(O)[C@H](O)[C@@H](CO)O[C@H]1n1cc2c3c(ncnc31)NOCC2. The van der Waals surface area contributed by atoms with Gasteiger partial charge in [-0.05, 0) is 12.5 Å². The maximum atomic E-state index is 10.7. The number of ether oxygens (including phenoxy) is 1. The van der Waals surface area contributed by atoms with Crippen LogP contribution in [0.1, 0.15) is 18.7 Å². The van der Waals surface area contributed by atoms with Crippen molar-refractivity contribution >= 4 is 16.9 Å². The Kier molecular flexibility index (Phi) is 3.29. The predicted octanol–water partition coefficient (Wildman–Crippen LogP) is -0.668. The monoisotopic (exact) mass is 322 g/mol. The summed E-state index contributed by atoms with van der Waals surface area (Å²) in [5.74, 6) is 0.554. The highest BCUT2D eigenvalue weighted by Crippen LogP contribution is 2.41. The Balaban J connectivity index is 1.87. The van der Waals surface area contributed by atoms with Gasteiger partial charge in [0.15, 0.2) is 12.0 Å². The number of aliphatic hydroxyl groups excluding tert-OH is 2. The van der Waals surface area contributed by atoms with Crippen LogP contribution in [0.4, 0.5) is 5.82 Å². The van der Waals surface area contributed by atoms with Crippen molar-refractivity contribution in [1.29, 1.82) is 0 Å². The van der Waals surface area contributed by atoms with Crippen molar-refractivity contribution in [2.75, 3.05) is 18.7 Å². The molecule has 4 atom stereocenters. The molecule has 1 fully saturated rings. The van der Waals surface area contributed by atoms with Crippen LogP contribution in [-0.2, 0) is 16.0 Å². The fourth-order valence-corrected chi connectivity index (χ4v) is 3.28. The van der Waals surface area contributed by atoms with E-state index in [4.69, 9.17) is 9.57 Å². The molecule has 4 rings (SSSR count). The molecule has 0 aliphatic carbocycles. The van der Waals surface area contributed by atoms with E-state index in [1.54, 1.807) is 4.57 Å². The Labute approximate surface area is 131 Å². The van der Waals surface area contributed by atoms with Crippen LogP contribution in [0.2, 0.25) is 0 Å². The number of hydrogen-bond acceptors (Lipinski definition) is 8. The van der Waals surface area contributed by atoms with Crippen molar-refractivity contribution in [3.05, 3.63) is 18.1 Å². The third kappa shape index (κ3) is 2.05. The molecule has 0 radical (unpaired) electrons. The summed E-state index contributed by atoms with van der Waals surface area (Å²) in [7, 11) is 0. The van der Waals surface area contributed by atoms with Gasteiger partial charge >= 0.3 is 0 Å². The smallest absolute Gasteiger partial charge is 0.167 e. The van der Waals surface area contributed by atoms with E-state index in [1.165, 1.54) is 13.3 Å². The van der Waals surface area contributed by atoms with Crippen molar-refractivity contribution in [2.45, 2.75) is 37.4 Å². The highest BCUT2D eigenvalue weighted by Gasteiger charge is 2.53. The molecule has 2 aliphatic rings. The van der Waals surface area contributed by atoms with Gasteiger partial charge in [-0.25, -0.2) is 15.4 Å². The predicted molar refractivity (Wildman–Crippen MR) is 78.4 cm³/mol. The average Bonchev–Trinajstić information content (AvgIpc) is 2.90. The highest BCUT2D eigenvalue weighted by atomic mass is 16.6. The zero-order chi connectivity index (χ0) is 16.2. The van der Waals surface area contributed by atoms with Crippen LogP contribution in [0, 0.1) is 0 Å². The van der Waals surface area contributed by atoms with Crippen LogP contribution < -0.4 is 5.48 Å². The van der Waals surface area contributed by atoms with Crippen molar-refractivity contribution in [3.63, 3.8) is 0 Å². The lowest BCUT2D eigenvalue weighted by Gasteiger charge is -2.27. The van der Waals surface area contributed by atoms with Crippen molar-refractivity contribution in [3.8, 4) is 0 Å². The first-order valence-corrected chi connectivity index (χ1v) is 7.43. The summed E-state index contributed by atoms with van der Waals surface area (Å²) in [6.07, 6.45) is 0.945. The van der Waals surface area contributed by atoms with E-state index < -0.39 is 24.0 Å². The molecule has 0 spiro atoms. The molecule has 0 saturated carbocycles. The summed E-state index contributed by atoms with van der Waals surface area (Å²) in [6.45, 7) is 1.58. The van der Waals surface area contributed by atoms with Crippen LogP contribution >= 0.6 is 0 Å². The molecule has 0 unspecified atom stereocenters. The minimum absolute atomic E-state index is 0.379. The van der Waals surface area contributed by atoms with Crippen LogP contribution in [0.3, 0.4) is 0 Å². The molecule has 124 valence electrons. The van der Waals surface area contributed by atoms with Crippen molar-refractivity contribution in [1.82, 2.24) is 14.5 Å². The Morgan fingerprint density at radius 3 is 3.04 bits per heavy atom. The maximum absolute atomic E-state index is 10.7. The van der Waals surface area contributed by atoms with E-state index in [-0.39, 0.29) is 6.61 Å². The maximum Gasteiger partial charge on any atom is 0.167 e. The van der Waals surface area contributed by atoms with E-state index in [1.807, 2.05) is 6.20 Å². The second-order valence-corrected chi connectivity index (χ2v) is 6.06. The number of aliphatic hydroxyl groups is 3. The highest BCUT2D eigenvalue weighted by molar-refractivity contribution is 5.91. The third-order valence-electron chi connectivity index (χ3n) is 4.52. The molecule has 4 heterocycles. The van der Waals surface area contributed by atoms with Crippen LogP contribution in [-0.4, -0.2) is 60.9 Å². The molecule has 9 nitrogen and oxygen atoms in total. The van der Waals surface area contributed by atoms with Crippen molar-refractivity contribution in [2.24, 2.45) is 0 Å². The average molecular weight is 322 g/mol. The summed E-state index contributed by atoms with van der Waals surface area (Å²) in [6, 6.07) is 0. The summed E-state index contributed by atoms with van der Waals surface area (Å²) >= 11 is 0. The van der Waals surface area contributed by atoms with Gasteiger partial charge in [0.05, 0.1) is 18.6 Å². The normalized spacial score (nSPS) is 33.7. The number of nitrogens with one attached hydrogen (secondary N) is 1. The van der Waals surface area contributed by atoms with E-state index in [0.29, 0.717) is 24.5 Å². The fourth-order valence-electron chi connectivity index (χ4n) is 3.28. The first-order valence-electron chi connectivity index (χ1n) is 7.43. The summed E-state index contributed by atoms with van der Waals surface area (Å²) in [4.78, 5) is 13.7. The molecule has 9 heteroatoms. The lowest BCUT2D eigenvalue weighted by molar-refractivity contribution is -0.0948. The standard InChI is InChI=1S/C14H18N4O5/c1-14(21)10(20)8(5-19)23-13(14)18-4-7-2-3-22-17-11-9(7)12(18)16-6-15-11/h4,6,8,10,13,19-21H,2-3,5H2,1H3,(H,15,16,17)/t8-,10-,13-,14-/m1/s1. The third-order valence-corrected chi connectivity index (χ3v) is 4.52. The van der Waals surface area contributed by atoms with Gasteiger partial charge in [-0.1, -0.05) is 0 Å². The van der Waals surface area contributed by atoms with Gasteiger partial charge in [-0.3, -0.25) is 4.84 Å². The molecule has 1 saturated heterocycles. The van der Waals surface area contributed by atoms with Gasteiger partial charge in [0, 0.05) is 12.6 Å². The van der Waals surface area contributed by atoms with E-state index in [2.05, 4.69) is 15.4 Å². The second kappa shape index (κ2) is 5.11. The molecule has 2 aromatic heterocycles. The minimum Gasteiger partial charge on any atom is -0.394 e. The zero-order valence-corrected chi connectivity index (χ0v) is 12.5. The molecule has 4 N–H and O–H groups in total. The Morgan fingerprint density at radius 1 is 1.48 bits per heavy atom. The molecule has 2 aromatic rings. The molecule has 2 aliphatic heterocycles. The van der Waals surface area contributed by atoms with E-state index >= 15 is 0 Å². The molecular weight excluding hydrogens is 304 g/mol. The molecule has 23 heavy (non-hydrogen) atoms. The van der Waals surface area contributed by atoms with Gasteiger partial charge in [0.1, 0.15) is 29.8 Å². The summed E-state index contributed by atoms with van der Waals surface area (Å²) in [5, 5.41) is 31.0. The lowest BCUT2D eigenvalue weighted by Crippen LogP contribution is -2.44. The fraction of sp³-hybridized carbons (Fsp3) is 0.571. The largest absolute Gasteiger partial charge is 0.394 e. The van der Waals surface area contributed by atoms with E-state index in [9.17, 15) is 15.3 Å². The lowest BCUT2D eigenvalue weighted by atomic mass is 9.96. The number of rotatable bonds is 2. The van der Waals surface area contributed by atoms with Gasteiger partial charge in [-0.15, -0.1) is 0 Å². The summed E-state index contributed by atoms with van der Waals surface area (Å²) in [5.41, 5.74) is 2.75. The molecule has 0 amide bonds. The number of anilines is 1. The first kappa shape index (κ1) is 14.8. The van der Waals surface area contributed by atoms with Crippen LogP contribution in [0.25, 0.3) is 11.0 Å². The molecular formula is C14H18N4O5. The van der Waals surface area contributed by atoms with Crippen LogP contribution in [0.15, 0.2) is 12.5 Å².